The molecule has 0 saturated carbocycles. The minimum absolute atomic E-state index is 0.00336. The molecule has 5 aliphatic heterocycles. The van der Waals surface area contributed by atoms with Gasteiger partial charge in [-0.25, -0.2) is 29.5 Å². The molecule has 4 atom stereocenters. The van der Waals surface area contributed by atoms with Crippen LogP contribution in [0.5, 0.6) is 11.8 Å². The van der Waals surface area contributed by atoms with Crippen molar-refractivity contribution in [3.8, 4) is 34.3 Å². The summed E-state index contributed by atoms with van der Waals surface area (Å²) in [5, 5.41) is 25.4. The van der Waals surface area contributed by atoms with Crippen molar-refractivity contribution < 1.29 is 38.7 Å². The van der Waals surface area contributed by atoms with Gasteiger partial charge in [-0.2, -0.15) is 0 Å². The molecular formula is C51H54Cl2N12O8. The fraction of sp³-hybridized carbons (Fsp3) is 0.373. The zero-order chi connectivity index (χ0) is 51.0. The number of carbonyl (C=O) groups excluding carboxylic acids is 2. The number of nitrogens with zero attached hydrogens (tertiary/aromatic N) is 10. The van der Waals surface area contributed by atoms with Crippen LogP contribution >= 0.6 is 23.2 Å². The predicted octanol–water partition coefficient (Wildman–Crippen LogP) is 7.52. The SMILES string of the molecule is Cc1cc(-c2nc3c(cc2Cl)N2CC[C@@H](C2)N3C(=O)Nc2ccnc(OC[C@H](O)CO)c2)ccn1.Cc1cc(-c2nc3c(cc2Cl)N2CC[C@@H](C2)N3C(=O)Nc2ccnc(OC[C@H]3COC(C)(C)O3)c2)ccn1. The van der Waals surface area contributed by atoms with Crippen LogP contribution < -0.4 is 39.7 Å². The molecule has 0 spiro atoms. The van der Waals surface area contributed by atoms with Crippen LogP contribution in [-0.2, 0) is 9.47 Å². The van der Waals surface area contributed by atoms with Gasteiger partial charge in [0, 0.05) is 97.0 Å². The Kier molecular flexibility index (Phi) is 14.2. The number of amides is 4. The van der Waals surface area contributed by atoms with Crippen molar-refractivity contribution in [1.29, 1.82) is 0 Å². The molecule has 73 heavy (non-hydrogen) atoms. The summed E-state index contributed by atoms with van der Waals surface area (Å²) in [6.45, 7) is 10.9. The highest BCUT2D eigenvalue weighted by Gasteiger charge is 2.43. The zero-order valence-electron chi connectivity index (χ0n) is 40.5. The highest BCUT2D eigenvalue weighted by Crippen LogP contribution is 2.45. The van der Waals surface area contributed by atoms with E-state index in [9.17, 15) is 14.7 Å². The van der Waals surface area contributed by atoms with Gasteiger partial charge in [-0.15, -0.1) is 0 Å². The number of anilines is 6. The molecule has 3 saturated heterocycles. The number of aryl methyl sites for hydroxylation is 2. The van der Waals surface area contributed by atoms with Crippen LogP contribution in [0.1, 0.15) is 38.1 Å². The molecule has 0 radical (unpaired) electrons. The number of carbonyl (C=O) groups is 2. The predicted molar refractivity (Wildman–Crippen MR) is 276 cm³/mol. The molecule has 3 fully saturated rings. The molecule has 20 nitrogen and oxygen atoms in total. The molecule has 6 aromatic heterocycles. The molecule has 4 bridgehead atoms. The minimum atomic E-state index is -1.01. The van der Waals surface area contributed by atoms with E-state index in [2.05, 4.69) is 40.4 Å². The summed E-state index contributed by atoms with van der Waals surface area (Å²) in [6, 6.07) is 17.4. The number of ether oxygens (including phenoxy) is 4. The molecule has 11 heterocycles. The Morgan fingerprint density at radius 3 is 1.70 bits per heavy atom. The van der Waals surface area contributed by atoms with Crippen molar-refractivity contribution in [3.05, 3.63) is 107 Å². The van der Waals surface area contributed by atoms with Crippen molar-refractivity contribution in [3.63, 3.8) is 0 Å². The highest BCUT2D eigenvalue weighted by molar-refractivity contribution is 6.34. The number of hydrogen-bond acceptors (Lipinski definition) is 16. The maximum absolute atomic E-state index is 13.7. The monoisotopic (exact) mass is 1030 g/mol. The van der Waals surface area contributed by atoms with Crippen molar-refractivity contribution in [2.24, 2.45) is 0 Å². The van der Waals surface area contributed by atoms with E-state index in [0.29, 0.717) is 70.1 Å². The lowest BCUT2D eigenvalue weighted by atomic mass is 10.1. The van der Waals surface area contributed by atoms with E-state index in [1.807, 2.05) is 64.1 Å². The summed E-state index contributed by atoms with van der Waals surface area (Å²) in [4.78, 5) is 61.7. The van der Waals surface area contributed by atoms with Gasteiger partial charge in [0.2, 0.25) is 11.8 Å². The van der Waals surface area contributed by atoms with Crippen LogP contribution in [-0.4, -0.2) is 135 Å². The standard InChI is InChI=1S/C27H29ClN6O4.C24H25ClN6O4/c1-16-10-17(4-7-29-16)24-21(28)12-22-25(32-24)34(19-6-9-33(22)13-19)26(35)31-18-5-8-30-23(11-18)36-14-20-15-37-27(2,3)38-20;1-14-8-15(2-5-26-14)22-19(25)10-20-23(29-22)31(17-4-7-30(20)11-17)24(34)28-16-3-6-27-21(9-16)35-13-18(33)12-32/h4-5,7-8,10-12,19-20H,6,9,13-15H2,1-3H3,(H,30,31,35);2-3,5-6,8-10,17-18,32-33H,4,7,11-13H2,1H3,(H,27,28,34)/t19-,20-;17-,18+/m00/s1. The number of rotatable bonds is 11. The van der Waals surface area contributed by atoms with Gasteiger partial charge >= 0.3 is 12.1 Å². The molecular weight excluding hydrogens is 980 g/mol. The molecule has 0 unspecified atom stereocenters. The number of nitrogens with one attached hydrogen (secondary N) is 2. The molecule has 4 N–H and O–H groups in total. The summed E-state index contributed by atoms with van der Waals surface area (Å²) < 4.78 is 22.6. The highest BCUT2D eigenvalue weighted by atomic mass is 35.5. The van der Waals surface area contributed by atoms with Crippen molar-refractivity contribution in [2.75, 3.05) is 82.8 Å². The van der Waals surface area contributed by atoms with Gasteiger partial charge in [0.05, 0.1) is 58.1 Å². The van der Waals surface area contributed by atoms with Crippen molar-refractivity contribution in [1.82, 2.24) is 29.9 Å². The van der Waals surface area contributed by atoms with Gasteiger partial charge in [0.1, 0.15) is 25.4 Å². The number of fused-ring (bicyclic) bond motifs is 8. The molecule has 5 aliphatic rings. The number of aromatic nitrogens is 6. The van der Waals surface area contributed by atoms with Crippen LogP contribution in [0, 0.1) is 13.8 Å². The number of halogens is 2. The number of urea groups is 2. The Hall–Kier alpha value is -6.94. The van der Waals surface area contributed by atoms with Gasteiger partial charge in [0.15, 0.2) is 17.4 Å². The van der Waals surface area contributed by atoms with Crippen LogP contribution in [0.2, 0.25) is 10.0 Å². The summed E-state index contributed by atoms with van der Waals surface area (Å²) >= 11 is 13.3. The van der Waals surface area contributed by atoms with Gasteiger partial charge in [-0.05, 0) is 89.1 Å². The lowest BCUT2D eigenvalue weighted by molar-refractivity contribution is -0.141. The Morgan fingerprint density at radius 1 is 0.740 bits per heavy atom. The number of aliphatic hydroxyl groups is 2. The second-order valence-corrected chi connectivity index (χ2v) is 19.6. The first-order chi connectivity index (χ1) is 35.2. The molecule has 0 aliphatic carbocycles. The number of pyridine rings is 6. The number of aliphatic hydroxyl groups excluding tert-OH is 2. The van der Waals surface area contributed by atoms with Crippen LogP contribution in [0.4, 0.5) is 44.0 Å². The molecule has 6 aromatic rings. The third kappa shape index (κ3) is 10.9. The molecule has 380 valence electrons. The normalized spacial score (nSPS) is 19.4. The Bertz CT molecular complexity index is 3040. The van der Waals surface area contributed by atoms with Crippen LogP contribution in [0.3, 0.4) is 0 Å². The Morgan fingerprint density at radius 2 is 1.23 bits per heavy atom. The van der Waals surface area contributed by atoms with Crippen LogP contribution in [0.25, 0.3) is 22.5 Å². The van der Waals surface area contributed by atoms with Gasteiger partial charge in [-0.3, -0.25) is 19.8 Å². The van der Waals surface area contributed by atoms with E-state index in [0.717, 1.165) is 66.4 Å². The zero-order valence-corrected chi connectivity index (χ0v) is 42.0. The second kappa shape index (κ2) is 20.9. The average Bonchev–Trinajstić information content (AvgIpc) is 4.10. The summed E-state index contributed by atoms with van der Waals surface area (Å²) in [7, 11) is 0. The van der Waals surface area contributed by atoms with Crippen molar-refractivity contribution >= 4 is 69.6 Å². The maximum atomic E-state index is 13.7. The van der Waals surface area contributed by atoms with E-state index < -0.39 is 18.5 Å². The Balaban J connectivity index is 0.000000168. The quantitative estimate of drug-likeness (QED) is 0.0984. The topological polar surface area (TPSA) is 226 Å². The third-order valence-electron chi connectivity index (χ3n) is 12.9. The first-order valence-electron chi connectivity index (χ1n) is 23.9. The molecule has 11 rings (SSSR count). The largest absolute Gasteiger partial charge is 0.475 e. The maximum Gasteiger partial charge on any atom is 0.327 e. The number of hydrogen-bond donors (Lipinski definition) is 4. The first kappa shape index (κ1) is 49.6. The van der Waals surface area contributed by atoms with Gasteiger partial charge in [-0.1, -0.05) is 23.2 Å². The average molecular weight is 1030 g/mol. The van der Waals surface area contributed by atoms with E-state index in [1.165, 1.54) is 6.20 Å². The van der Waals surface area contributed by atoms with Crippen molar-refractivity contribution in [2.45, 2.75) is 70.6 Å². The van der Waals surface area contributed by atoms with E-state index >= 15 is 0 Å². The van der Waals surface area contributed by atoms with E-state index in [-0.39, 0.29) is 42.7 Å². The summed E-state index contributed by atoms with van der Waals surface area (Å²) in [6.07, 6.45) is 7.00. The van der Waals surface area contributed by atoms with E-state index in [1.54, 1.807) is 52.7 Å². The summed E-state index contributed by atoms with van der Waals surface area (Å²) in [5.74, 6) is 1.15. The minimum Gasteiger partial charge on any atom is -0.475 e. The van der Waals surface area contributed by atoms with Gasteiger partial charge in [0.25, 0.3) is 0 Å². The lowest BCUT2D eigenvalue weighted by Crippen LogP contribution is -2.48. The fourth-order valence-corrected chi connectivity index (χ4v) is 10.0. The third-order valence-corrected chi connectivity index (χ3v) is 13.5. The van der Waals surface area contributed by atoms with Gasteiger partial charge < -0.3 is 49.6 Å². The molecule has 0 aromatic carbocycles. The fourth-order valence-electron chi connectivity index (χ4n) is 9.52. The van der Waals surface area contributed by atoms with E-state index in [4.69, 9.17) is 57.2 Å². The molecule has 4 amide bonds. The lowest BCUT2D eigenvalue weighted by Gasteiger charge is -2.36. The Labute approximate surface area is 431 Å². The first-order valence-corrected chi connectivity index (χ1v) is 24.7. The smallest absolute Gasteiger partial charge is 0.327 e. The molecule has 22 heteroatoms. The second-order valence-electron chi connectivity index (χ2n) is 18.7. The summed E-state index contributed by atoms with van der Waals surface area (Å²) in [5.41, 5.74) is 7.36. The van der Waals surface area contributed by atoms with Crippen LogP contribution in [0.15, 0.2) is 85.5 Å².